The molecule has 1 aromatic heterocycles. The molecule has 1 aliphatic carbocycles. The molecule has 0 aliphatic heterocycles. The average molecular weight is 422 g/mol. The number of benzene rings is 1. The second kappa shape index (κ2) is 4.90. The summed E-state index contributed by atoms with van der Waals surface area (Å²) in [6, 6.07) is 5.69. The number of primary sulfonamides is 1. The Bertz CT molecular complexity index is 784. The summed E-state index contributed by atoms with van der Waals surface area (Å²) in [5.41, 5.74) is 0.780. The minimum Gasteiger partial charge on any atom is -0.294 e. The quantitative estimate of drug-likeness (QED) is 0.823. The maximum Gasteiger partial charge on any atom is 0.273 e. The minimum atomic E-state index is -3.88. The van der Waals surface area contributed by atoms with Crippen LogP contribution in [0.5, 0.6) is 0 Å². The summed E-state index contributed by atoms with van der Waals surface area (Å²) in [5, 5.41) is 12.8. The van der Waals surface area contributed by atoms with Crippen molar-refractivity contribution in [1.29, 1.82) is 0 Å². The zero-order chi connectivity index (χ0) is 14.5. The molecule has 0 amide bonds. The molecule has 6 nitrogen and oxygen atoms in total. The Morgan fingerprint density at radius 3 is 2.50 bits per heavy atom. The first-order valence-corrected chi connectivity index (χ1v) is 8.94. The first kappa shape index (κ1) is 14.2. The van der Waals surface area contributed by atoms with Crippen LogP contribution in [0, 0.1) is 0 Å². The van der Waals surface area contributed by atoms with Crippen molar-refractivity contribution >= 4 is 41.9 Å². The summed E-state index contributed by atoms with van der Waals surface area (Å²) < 4.78 is 26.5. The molecule has 1 aromatic carbocycles. The van der Waals surface area contributed by atoms with Gasteiger partial charge in [-0.15, -0.1) is 10.2 Å². The monoisotopic (exact) mass is 420 g/mol. The van der Waals surface area contributed by atoms with Crippen LogP contribution >= 0.6 is 31.9 Å². The second-order valence-electron chi connectivity index (χ2n) is 4.58. The molecule has 0 saturated heterocycles. The Labute approximate surface area is 132 Å². The molecular weight excluding hydrogens is 412 g/mol. The fourth-order valence-corrected chi connectivity index (χ4v) is 3.88. The summed E-state index contributed by atoms with van der Waals surface area (Å²) in [4.78, 5) is 0. The predicted octanol–water partition coefficient (Wildman–Crippen LogP) is 2.45. The van der Waals surface area contributed by atoms with Gasteiger partial charge in [-0.05, 0) is 47.0 Å². The summed E-state index contributed by atoms with van der Waals surface area (Å²) in [7, 11) is -3.88. The average Bonchev–Trinajstić information content (AvgIpc) is 3.07. The van der Waals surface area contributed by atoms with Gasteiger partial charge in [-0.3, -0.25) is 4.57 Å². The lowest BCUT2D eigenvalue weighted by molar-refractivity contribution is 0.567. The Morgan fingerprint density at radius 2 is 1.95 bits per heavy atom. The molecule has 1 fully saturated rings. The molecule has 0 spiro atoms. The predicted molar refractivity (Wildman–Crippen MR) is 80.5 cm³/mol. The van der Waals surface area contributed by atoms with Crippen LogP contribution in [0.15, 0.2) is 32.3 Å². The normalized spacial score (nSPS) is 15.6. The maximum atomic E-state index is 11.6. The van der Waals surface area contributed by atoms with Gasteiger partial charge in [0, 0.05) is 20.6 Å². The van der Waals surface area contributed by atoms with E-state index < -0.39 is 10.0 Å². The number of hydrogen-bond acceptors (Lipinski definition) is 4. The van der Waals surface area contributed by atoms with Crippen LogP contribution in [-0.4, -0.2) is 23.2 Å². The van der Waals surface area contributed by atoms with Gasteiger partial charge in [0.05, 0.1) is 0 Å². The molecule has 106 valence electrons. The van der Waals surface area contributed by atoms with Crippen molar-refractivity contribution in [3.63, 3.8) is 0 Å². The van der Waals surface area contributed by atoms with Crippen molar-refractivity contribution in [2.24, 2.45) is 5.14 Å². The number of nitrogens with zero attached hydrogens (tertiary/aromatic N) is 3. The van der Waals surface area contributed by atoms with E-state index in [0.29, 0.717) is 5.82 Å². The molecule has 0 radical (unpaired) electrons. The number of rotatable bonds is 3. The van der Waals surface area contributed by atoms with E-state index in [1.54, 1.807) is 4.57 Å². The standard InChI is InChI=1S/C11H10Br2N4O2S/c12-6-1-4-8(9(13)5-6)10-15-16-11(20(14,18)19)17(10)7-2-3-7/h1,4-5,7H,2-3H2,(H2,14,18,19). The van der Waals surface area contributed by atoms with Crippen molar-refractivity contribution < 1.29 is 8.42 Å². The first-order valence-electron chi connectivity index (χ1n) is 5.81. The van der Waals surface area contributed by atoms with Gasteiger partial charge in [0.1, 0.15) is 0 Å². The highest BCUT2D eigenvalue weighted by atomic mass is 79.9. The van der Waals surface area contributed by atoms with Crippen molar-refractivity contribution in [2.75, 3.05) is 0 Å². The smallest absolute Gasteiger partial charge is 0.273 e. The largest absolute Gasteiger partial charge is 0.294 e. The third-order valence-electron chi connectivity index (χ3n) is 3.00. The van der Waals surface area contributed by atoms with Crippen molar-refractivity contribution in [2.45, 2.75) is 24.0 Å². The molecule has 1 aliphatic rings. The molecular formula is C11H10Br2N4O2S. The van der Waals surface area contributed by atoms with Gasteiger partial charge in [0.15, 0.2) is 5.82 Å². The van der Waals surface area contributed by atoms with Crippen LogP contribution in [-0.2, 0) is 10.0 Å². The molecule has 2 aromatic rings. The highest BCUT2D eigenvalue weighted by Gasteiger charge is 2.33. The zero-order valence-corrected chi connectivity index (χ0v) is 14.1. The third-order valence-corrected chi connectivity index (χ3v) is 4.94. The SMILES string of the molecule is NS(=O)(=O)c1nnc(-c2ccc(Br)cc2Br)n1C1CC1. The number of halogens is 2. The molecule has 20 heavy (non-hydrogen) atoms. The van der Waals surface area contributed by atoms with E-state index in [-0.39, 0.29) is 11.2 Å². The lowest BCUT2D eigenvalue weighted by atomic mass is 10.2. The van der Waals surface area contributed by atoms with E-state index in [2.05, 4.69) is 42.1 Å². The van der Waals surface area contributed by atoms with Crippen molar-refractivity contribution in [1.82, 2.24) is 14.8 Å². The van der Waals surface area contributed by atoms with Gasteiger partial charge in [-0.2, -0.15) is 0 Å². The molecule has 1 saturated carbocycles. The minimum absolute atomic E-state index is 0.101. The van der Waals surface area contributed by atoms with Crippen LogP contribution in [0.2, 0.25) is 0 Å². The third kappa shape index (κ3) is 2.54. The molecule has 0 unspecified atom stereocenters. The fraction of sp³-hybridized carbons (Fsp3) is 0.273. The second-order valence-corrected chi connectivity index (χ2v) is 7.80. The number of nitrogens with two attached hydrogens (primary N) is 1. The van der Waals surface area contributed by atoms with Gasteiger partial charge < -0.3 is 0 Å². The van der Waals surface area contributed by atoms with Gasteiger partial charge >= 0.3 is 0 Å². The lowest BCUT2D eigenvalue weighted by Crippen LogP contribution is -2.18. The lowest BCUT2D eigenvalue weighted by Gasteiger charge is -2.09. The molecule has 0 atom stereocenters. The molecule has 2 N–H and O–H groups in total. The van der Waals surface area contributed by atoms with E-state index in [1.807, 2.05) is 18.2 Å². The Hall–Kier alpha value is -0.770. The van der Waals surface area contributed by atoms with E-state index in [1.165, 1.54) is 0 Å². The Kier molecular flexibility index (Phi) is 3.47. The summed E-state index contributed by atoms with van der Waals surface area (Å²) in [6.45, 7) is 0. The highest BCUT2D eigenvalue weighted by molar-refractivity contribution is 9.11. The summed E-state index contributed by atoms with van der Waals surface area (Å²) >= 11 is 6.83. The molecule has 1 heterocycles. The topological polar surface area (TPSA) is 90.9 Å². The van der Waals surface area contributed by atoms with Crippen LogP contribution in [0.4, 0.5) is 0 Å². The number of hydrogen-bond donors (Lipinski definition) is 1. The van der Waals surface area contributed by atoms with Gasteiger partial charge in [0.25, 0.3) is 15.2 Å². The molecule has 0 bridgehead atoms. The Morgan fingerprint density at radius 1 is 1.25 bits per heavy atom. The van der Waals surface area contributed by atoms with Crippen LogP contribution in [0.1, 0.15) is 18.9 Å². The maximum absolute atomic E-state index is 11.6. The first-order chi connectivity index (χ1) is 9.38. The zero-order valence-electron chi connectivity index (χ0n) is 10.1. The van der Waals surface area contributed by atoms with E-state index in [9.17, 15) is 8.42 Å². The van der Waals surface area contributed by atoms with Gasteiger partial charge in [0.2, 0.25) is 0 Å². The number of sulfonamides is 1. The van der Waals surface area contributed by atoms with Crippen LogP contribution in [0.25, 0.3) is 11.4 Å². The van der Waals surface area contributed by atoms with Crippen LogP contribution in [0.3, 0.4) is 0 Å². The summed E-state index contributed by atoms with van der Waals surface area (Å²) in [5.74, 6) is 0.510. The molecule has 3 rings (SSSR count). The fourth-order valence-electron chi connectivity index (χ4n) is 1.99. The van der Waals surface area contributed by atoms with Crippen molar-refractivity contribution in [3.05, 3.63) is 27.1 Å². The van der Waals surface area contributed by atoms with E-state index in [0.717, 1.165) is 27.4 Å². The van der Waals surface area contributed by atoms with Crippen LogP contribution < -0.4 is 5.14 Å². The van der Waals surface area contributed by atoms with Crippen molar-refractivity contribution in [3.8, 4) is 11.4 Å². The highest BCUT2D eigenvalue weighted by Crippen LogP contribution is 2.41. The van der Waals surface area contributed by atoms with E-state index >= 15 is 0 Å². The van der Waals surface area contributed by atoms with Gasteiger partial charge in [-0.25, -0.2) is 13.6 Å². The summed E-state index contributed by atoms with van der Waals surface area (Å²) in [6.07, 6.45) is 1.81. The van der Waals surface area contributed by atoms with E-state index in [4.69, 9.17) is 5.14 Å². The number of aromatic nitrogens is 3. The molecule has 9 heteroatoms. The van der Waals surface area contributed by atoms with Gasteiger partial charge in [-0.1, -0.05) is 15.9 Å². The Balaban J connectivity index is 2.22.